The third-order valence-corrected chi connectivity index (χ3v) is 8.24. The fourth-order valence-electron chi connectivity index (χ4n) is 1.20. The molecule has 0 fully saturated rings. The van der Waals surface area contributed by atoms with Crippen LogP contribution in [0.2, 0.25) is 0 Å². The summed E-state index contributed by atoms with van der Waals surface area (Å²) in [6, 6.07) is 0. The lowest BCUT2D eigenvalue weighted by Gasteiger charge is -2.27. The molecule has 6 nitrogen and oxygen atoms in total. The first-order valence-corrected chi connectivity index (χ1v) is 8.71. The predicted molar refractivity (Wildman–Crippen MR) is 62.5 cm³/mol. The summed E-state index contributed by atoms with van der Waals surface area (Å²) in [5.74, 6) is 0.0190. The molecule has 0 rings (SSSR count). The van der Waals surface area contributed by atoms with E-state index >= 15 is 0 Å². The van der Waals surface area contributed by atoms with Crippen molar-refractivity contribution in [3.63, 3.8) is 0 Å². The quantitative estimate of drug-likeness (QED) is 0.470. The summed E-state index contributed by atoms with van der Waals surface area (Å²) in [6.07, 6.45) is 0. The topological polar surface area (TPSA) is 63.2 Å². The molecular formula is C8H21O6PSi. The summed E-state index contributed by atoms with van der Waals surface area (Å²) in [5.41, 5.74) is 0. The normalized spacial score (nSPS) is 13.1. The van der Waals surface area contributed by atoms with Gasteiger partial charge in [-0.25, -0.2) is 0 Å². The molecule has 0 aromatic carbocycles. The lowest BCUT2D eigenvalue weighted by Crippen LogP contribution is -2.47. The van der Waals surface area contributed by atoms with E-state index < -0.39 is 16.4 Å². The van der Waals surface area contributed by atoms with E-state index in [0.29, 0.717) is 13.2 Å². The number of hydrogen-bond acceptors (Lipinski definition) is 6. The summed E-state index contributed by atoms with van der Waals surface area (Å²) in [5, 5.41) is 0. The Morgan fingerprint density at radius 2 is 1.31 bits per heavy atom. The molecule has 0 aliphatic carbocycles. The first-order valence-electron chi connectivity index (χ1n) is 5.05. The van der Waals surface area contributed by atoms with Gasteiger partial charge in [0, 0.05) is 21.3 Å². The van der Waals surface area contributed by atoms with Gasteiger partial charge in [-0.3, -0.25) is 4.57 Å². The average Bonchev–Trinajstić information content (AvgIpc) is 2.27. The summed E-state index contributed by atoms with van der Waals surface area (Å²) in [4.78, 5) is 0. The highest BCUT2D eigenvalue weighted by molar-refractivity contribution is 7.56. The van der Waals surface area contributed by atoms with E-state index in [1.165, 1.54) is 21.3 Å². The van der Waals surface area contributed by atoms with Crippen LogP contribution in [0.25, 0.3) is 0 Å². The summed E-state index contributed by atoms with van der Waals surface area (Å²) >= 11 is 0. The van der Waals surface area contributed by atoms with Crippen molar-refractivity contribution in [1.82, 2.24) is 0 Å². The molecule has 98 valence electrons. The highest BCUT2D eigenvalue weighted by Crippen LogP contribution is 2.50. The highest BCUT2D eigenvalue weighted by atomic mass is 31.2. The molecule has 0 atom stereocenters. The second-order valence-corrected chi connectivity index (χ2v) is 8.49. The number of rotatable bonds is 9. The molecule has 0 unspecified atom stereocenters. The minimum Gasteiger partial charge on any atom is -0.376 e. The Labute approximate surface area is 98.1 Å². The molecule has 0 N–H and O–H groups in total. The summed E-state index contributed by atoms with van der Waals surface area (Å²) < 4.78 is 38.1. The molecule has 0 saturated carbocycles. The van der Waals surface area contributed by atoms with Crippen molar-refractivity contribution in [3.05, 3.63) is 0 Å². The van der Waals surface area contributed by atoms with E-state index in [4.69, 9.17) is 22.3 Å². The molecule has 0 aliphatic heterocycles. The van der Waals surface area contributed by atoms with Gasteiger partial charge in [-0.2, -0.15) is 0 Å². The Bertz CT molecular complexity index is 214. The van der Waals surface area contributed by atoms with E-state index in [-0.39, 0.29) is 5.79 Å². The van der Waals surface area contributed by atoms with Crippen LogP contribution in [0.3, 0.4) is 0 Å². The van der Waals surface area contributed by atoms with Gasteiger partial charge in [-0.1, -0.05) is 0 Å². The molecule has 16 heavy (non-hydrogen) atoms. The smallest absolute Gasteiger partial charge is 0.376 e. The molecule has 0 aromatic rings. The molecule has 0 bridgehead atoms. The van der Waals surface area contributed by atoms with Crippen LogP contribution in [0, 0.1) is 0 Å². The monoisotopic (exact) mass is 272 g/mol. The van der Waals surface area contributed by atoms with Crippen LogP contribution in [0.5, 0.6) is 0 Å². The Morgan fingerprint density at radius 1 is 0.938 bits per heavy atom. The Morgan fingerprint density at radius 3 is 1.56 bits per heavy atom. The minimum atomic E-state index is -3.20. The van der Waals surface area contributed by atoms with Crippen LogP contribution in [0.4, 0.5) is 0 Å². The van der Waals surface area contributed by atoms with Gasteiger partial charge >= 0.3 is 16.4 Å². The van der Waals surface area contributed by atoms with E-state index in [1.807, 2.05) is 0 Å². The molecule has 8 heteroatoms. The van der Waals surface area contributed by atoms with Crippen molar-refractivity contribution >= 4 is 16.4 Å². The zero-order valence-corrected chi connectivity index (χ0v) is 12.4. The molecular weight excluding hydrogens is 251 g/mol. The standard InChI is InChI=1S/C8H21O6PSi/c1-6-13-15(9,14-7-2)8-16(10-3,11-4)12-5/h6-8H2,1-5H3. The summed E-state index contributed by atoms with van der Waals surface area (Å²) in [6.45, 7) is 4.11. The molecule has 0 heterocycles. The fraction of sp³-hybridized carbons (Fsp3) is 1.00. The molecule has 0 saturated heterocycles. The van der Waals surface area contributed by atoms with Crippen molar-refractivity contribution in [2.24, 2.45) is 0 Å². The van der Waals surface area contributed by atoms with Crippen molar-refractivity contribution in [1.29, 1.82) is 0 Å². The van der Waals surface area contributed by atoms with E-state index in [1.54, 1.807) is 13.8 Å². The van der Waals surface area contributed by atoms with Crippen LogP contribution >= 0.6 is 7.60 Å². The van der Waals surface area contributed by atoms with E-state index in [9.17, 15) is 4.57 Å². The highest BCUT2D eigenvalue weighted by Gasteiger charge is 2.47. The maximum Gasteiger partial charge on any atom is 0.512 e. The minimum absolute atomic E-state index is 0.0190. The van der Waals surface area contributed by atoms with Gasteiger partial charge in [0.2, 0.25) is 0 Å². The second kappa shape index (κ2) is 7.55. The van der Waals surface area contributed by atoms with Crippen LogP contribution in [-0.4, -0.2) is 49.1 Å². The Kier molecular flexibility index (Phi) is 7.67. The SMILES string of the molecule is CCOP(=O)(C[Si](OC)(OC)OC)OCC. The third-order valence-electron chi connectivity index (χ3n) is 1.97. The molecule has 0 aliphatic rings. The molecule has 0 aromatic heterocycles. The molecule has 0 amide bonds. The maximum atomic E-state index is 12.3. The maximum absolute atomic E-state index is 12.3. The van der Waals surface area contributed by atoms with Crippen LogP contribution < -0.4 is 0 Å². The predicted octanol–water partition coefficient (Wildman–Crippen LogP) is 1.67. The molecule has 0 spiro atoms. The third kappa shape index (κ3) is 4.63. The van der Waals surface area contributed by atoms with Gasteiger partial charge in [-0.15, -0.1) is 0 Å². The number of hydrogen-bond donors (Lipinski definition) is 0. The lowest BCUT2D eigenvalue weighted by atomic mass is 10.9. The van der Waals surface area contributed by atoms with Crippen molar-refractivity contribution in [2.75, 3.05) is 40.3 Å². The zero-order valence-electron chi connectivity index (χ0n) is 10.5. The first kappa shape index (κ1) is 16.2. The van der Waals surface area contributed by atoms with Gasteiger partial charge in [0.15, 0.2) is 0 Å². The Balaban J connectivity index is 4.76. The Hall–Kier alpha value is 0.247. The van der Waals surface area contributed by atoms with Gasteiger partial charge in [0.1, 0.15) is 5.79 Å². The fourth-order valence-corrected chi connectivity index (χ4v) is 6.74. The lowest BCUT2D eigenvalue weighted by molar-refractivity contribution is 0.125. The first-order chi connectivity index (χ1) is 7.51. The van der Waals surface area contributed by atoms with Gasteiger partial charge in [-0.05, 0) is 13.8 Å². The van der Waals surface area contributed by atoms with Crippen LogP contribution in [-0.2, 0) is 26.9 Å². The van der Waals surface area contributed by atoms with Crippen LogP contribution in [0.1, 0.15) is 13.8 Å². The van der Waals surface area contributed by atoms with Gasteiger partial charge in [0.05, 0.1) is 13.2 Å². The van der Waals surface area contributed by atoms with Crippen LogP contribution in [0.15, 0.2) is 0 Å². The van der Waals surface area contributed by atoms with Crippen molar-refractivity contribution in [2.45, 2.75) is 13.8 Å². The molecule has 0 radical (unpaired) electrons. The van der Waals surface area contributed by atoms with E-state index in [2.05, 4.69) is 0 Å². The van der Waals surface area contributed by atoms with Gasteiger partial charge in [0.25, 0.3) is 0 Å². The largest absolute Gasteiger partial charge is 0.512 e. The zero-order chi connectivity index (χ0) is 12.7. The van der Waals surface area contributed by atoms with Crippen molar-refractivity contribution < 1.29 is 26.9 Å². The van der Waals surface area contributed by atoms with Crippen molar-refractivity contribution in [3.8, 4) is 0 Å². The average molecular weight is 272 g/mol. The second-order valence-electron chi connectivity index (χ2n) is 2.90. The van der Waals surface area contributed by atoms with E-state index in [0.717, 1.165) is 0 Å². The summed E-state index contributed by atoms with van der Waals surface area (Å²) in [7, 11) is -1.76. The van der Waals surface area contributed by atoms with Gasteiger partial charge < -0.3 is 22.3 Å².